The molecule has 6 heteroatoms. The number of aromatic nitrogens is 4. The van der Waals surface area contributed by atoms with E-state index < -0.39 is 0 Å². The van der Waals surface area contributed by atoms with E-state index in [1.165, 1.54) is 11.3 Å². The Labute approximate surface area is 127 Å². The van der Waals surface area contributed by atoms with Crippen molar-refractivity contribution in [2.45, 2.75) is 33.1 Å². The van der Waals surface area contributed by atoms with Gasteiger partial charge in [0, 0.05) is 18.7 Å². The smallest absolute Gasteiger partial charge is 0.230 e. The summed E-state index contributed by atoms with van der Waals surface area (Å²) in [4.78, 5) is 5.55. The Kier molecular flexibility index (Phi) is 3.63. The molecule has 0 aliphatic carbocycles. The van der Waals surface area contributed by atoms with Crippen molar-refractivity contribution in [3.05, 3.63) is 40.4 Å². The average molecular weight is 302 g/mol. The fourth-order valence-corrected chi connectivity index (χ4v) is 3.10. The first-order valence-electron chi connectivity index (χ1n) is 6.92. The standard InChI is InChI=1S/C15H18N4OS/c1-9(8-12-10(2)17-19(4)11(12)3)15-16-14(18-20-15)13-6-5-7-21-13/h5-7,9H,8H2,1-4H3. The van der Waals surface area contributed by atoms with Gasteiger partial charge in [0.1, 0.15) is 0 Å². The molecular weight excluding hydrogens is 284 g/mol. The topological polar surface area (TPSA) is 56.7 Å². The predicted octanol–water partition coefficient (Wildman–Crippen LogP) is 3.49. The minimum atomic E-state index is 0.174. The molecule has 5 nitrogen and oxygen atoms in total. The summed E-state index contributed by atoms with van der Waals surface area (Å²) >= 11 is 1.61. The van der Waals surface area contributed by atoms with E-state index in [0.717, 1.165) is 17.0 Å². The summed E-state index contributed by atoms with van der Waals surface area (Å²) in [6.07, 6.45) is 0.859. The molecule has 21 heavy (non-hydrogen) atoms. The molecule has 0 aliphatic rings. The first kappa shape index (κ1) is 14.0. The van der Waals surface area contributed by atoms with Crippen LogP contribution in [0.25, 0.3) is 10.7 Å². The number of nitrogens with zero attached hydrogens (tertiary/aromatic N) is 4. The minimum absolute atomic E-state index is 0.174. The van der Waals surface area contributed by atoms with Crippen LogP contribution in [-0.2, 0) is 13.5 Å². The molecule has 0 saturated carbocycles. The van der Waals surface area contributed by atoms with Crippen LogP contribution in [0.3, 0.4) is 0 Å². The van der Waals surface area contributed by atoms with E-state index in [2.05, 4.69) is 29.1 Å². The Morgan fingerprint density at radius 3 is 2.81 bits per heavy atom. The summed E-state index contributed by atoms with van der Waals surface area (Å²) in [6.45, 7) is 6.24. The Balaban J connectivity index is 1.81. The second kappa shape index (κ2) is 5.44. The van der Waals surface area contributed by atoms with Gasteiger partial charge in [-0.25, -0.2) is 0 Å². The monoisotopic (exact) mass is 302 g/mol. The highest BCUT2D eigenvalue weighted by atomic mass is 32.1. The zero-order valence-electron chi connectivity index (χ0n) is 12.6. The third kappa shape index (κ3) is 2.63. The molecule has 110 valence electrons. The van der Waals surface area contributed by atoms with Gasteiger partial charge < -0.3 is 4.52 Å². The van der Waals surface area contributed by atoms with Crippen LogP contribution in [0.15, 0.2) is 22.0 Å². The highest BCUT2D eigenvalue weighted by molar-refractivity contribution is 7.13. The summed E-state index contributed by atoms with van der Waals surface area (Å²) in [5.74, 6) is 1.53. The molecule has 0 saturated heterocycles. The van der Waals surface area contributed by atoms with Crippen molar-refractivity contribution in [2.75, 3.05) is 0 Å². The first-order chi connectivity index (χ1) is 10.1. The highest BCUT2D eigenvalue weighted by Gasteiger charge is 2.19. The molecule has 0 fully saturated rings. The fourth-order valence-electron chi connectivity index (χ4n) is 2.45. The summed E-state index contributed by atoms with van der Waals surface area (Å²) in [7, 11) is 1.97. The summed E-state index contributed by atoms with van der Waals surface area (Å²) < 4.78 is 7.35. The van der Waals surface area contributed by atoms with Crippen LogP contribution in [0.4, 0.5) is 0 Å². The zero-order chi connectivity index (χ0) is 15.0. The maximum atomic E-state index is 5.43. The quantitative estimate of drug-likeness (QED) is 0.740. The molecule has 0 bridgehead atoms. The lowest BCUT2D eigenvalue weighted by Gasteiger charge is -2.06. The van der Waals surface area contributed by atoms with Gasteiger partial charge in [0.25, 0.3) is 0 Å². The molecular formula is C15H18N4OS. The van der Waals surface area contributed by atoms with E-state index in [1.807, 2.05) is 36.2 Å². The third-order valence-electron chi connectivity index (χ3n) is 3.77. The molecule has 3 heterocycles. The van der Waals surface area contributed by atoms with Crippen LogP contribution in [-0.4, -0.2) is 19.9 Å². The molecule has 0 radical (unpaired) electrons. The van der Waals surface area contributed by atoms with E-state index >= 15 is 0 Å². The third-order valence-corrected chi connectivity index (χ3v) is 4.64. The van der Waals surface area contributed by atoms with Gasteiger partial charge >= 0.3 is 0 Å². The molecule has 0 amide bonds. The van der Waals surface area contributed by atoms with Crippen LogP contribution in [0.2, 0.25) is 0 Å². The van der Waals surface area contributed by atoms with E-state index in [-0.39, 0.29) is 5.92 Å². The zero-order valence-corrected chi connectivity index (χ0v) is 13.4. The van der Waals surface area contributed by atoms with Crippen molar-refractivity contribution in [3.8, 4) is 10.7 Å². The molecule has 0 aliphatic heterocycles. The van der Waals surface area contributed by atoms with E-state index in [9.17, 15) is 0 Å². The van der Waals surface area contributed by atoms with Gasteiger partial charge in [-0.1, -0.05) is 18.1 Å². The lowest BCUT2D eigenvalue weighted by atomic mass is 9.99. The molecule has 3 rings (SSSR count). The maximum absolute atomic E-state index is 5.43. The Morgan fingerprint density at radius 1 is 1.38 bits per heavy atom. The van der Waals surface area contributed by atoms with E-state index in [0.29, 0.717) is 11.7 Å². The number of rotatable bonds is 4. The lowest BCUT2D eigenvalue weighted by molar-refractivity contribution is 0.358. The maximum Gasteiger partial charge on any atom is 0.230 e. The Bertz CT molecular complexity index is 742. The Hall–Kier alpha value is -1.95. The number of hydrogen-bond acceptors (Lipinski definition) is 5. The van der Waals surface area contributed by atoms with Crippen molar-refractivity contribution in [1.29, 1.82) is 0 Å². The van der Waals surface area contributed by atoms with Crippen molar-refractivity contribution in [1.82, 2.24) is 19.9 Å². The number of thiophene rings is 1. The average Bonchev–Trinajstić information content (AvgIpc) is 3.15. The molecule has 1 unspecified atom stereocenters. The number of aryl methyl sites for hydroxylation is 2. The fraction of sp³-hybridized carbons (Fsp3) is 0.400. The van der Waals surface area contributed by atoms with E-state index in [1.54, 1.807) is 11.3 Å². The van der Waals surface area contributed by atoms with Gasteiger partial charge in [-0.15, -0.1) is 11.3 Å². The van der Waals surface area contributed by atoms with Crippen LogP contribution in [0.5, 0.6) is 0 Å². The van der Waals surface area contributed by atoms with Crippen LogP contribution >= 0.6 is 11.3 Å². The second-order valence-electron chi connectivity index (χ2n) is 5.31. The summed E-state index contributed by atoms with van der Waals surface area (Å²) in [5, 5.41) is 10.5. The van der Waals surface area contributed by atoms with Gasteiger partial charge in [-0.3, -0.25) is 4.68 Å². The van der Waals surface area contributed by atoms with Gasteiger partial charge in [0.2, 0.25) is 11.7 Å². The van der Waals surface area contributed by atoms with Crippen molar-refractivity contribution in [3.63, 3.8) is 0 Å². The van der Waals surface area contributed by atoms with Crippen molar-refractivity contribution in [2.24, 2.45) is 7.05 Å². The van der Waals surface area contributed by atoms with Crippen LogP contribution in [0.1, 0.15) is 35.7 Å². The predicted molar refractivity (Wildman–Crippen MR) is 82.4 cm³/mol. The summed E-state index contributed by atoms with van der Waals surface area (Å²) in [5.41, 5.74) is 3.53. The van der Waals surface area contributed by atoms with Gasteiger partial charge in [-0.05, 0) is 37.3 Å². The SMILES string of the molecule is Cc1nn(C)c(C)c1CC(C)c1nc(-c2cccs2)no1. The first-order valence-corrected chi connectivity index (χ1v) is 7.80. The summed E-state index contributed by atoms with van der Waals surface area (Å²) in [6, 6.07) is 3.99. The second-order valence-corrected chi connectivity index (χ2v) is 6.26. The molecule has 3 aromatic rings. The molecule has 0 N–H and O–H groups in total. The molecule has 0 spiro atoms. The minimum Gasteiger partial charge on any atom is -0.339 e. The van der Waals surface area contributed by atoms with E-state index in [4.69, 9.17) is 4.52 Å². The van der Waals surface area contributed by atoms with Gasteiger partial charge in [-0.2, -0.15) is 10.1 Å². The largest absolute Gasteiger partial charge is 0.339 e. The molecule has 1 atom stereocenters. The van der Waals surface area contributed by atoms with Crippen LogP contribution < -0.4 is 0 Å². The number of hydrogen-bond donors (Lipinski definition) is 0. The molecule has 3 aromatic heterocycles. The van der Waals surface area contributed by atoms with Crippen molar-refractivity contribution >= 4 is 11.3 Å². The van der Waals surface area contributed by atoms with Crippen molar-refractivity contribution < 1.29 is 4.52 Å². The van der Waals surface area contributed by atoms with Gasteiger partial charge in [0.15, 0.2) is 0 Å². The normalized spacial score (nSPS) is 12.8. The Morgan fingerprint density at radius 2 is 2.19 bits per heavy atom. The highest BCUT2D eigenvalue weighted by Crippen LogP contribution is 2.26. The van der Waals surface area contributed by atoms with Crippen LogP contribution in [0, 0.1) is 13.8 Å². The molecule has 0 aromatic carbocycles. The lowest BCUT2D eigenvalue weighted by Crippen LogP contribution is -2.01. The van der Waals surface area contributed by atoms with Gasteiger partial charge in [0.05, 0.1) is 10.6 Å².